The summed E-state index contributed by atoms with van der Waals surface area (Å²) in [6.07, 6.45) is 2.59. The van der Waals surface area contributed by atoms with Crippen molar-refractivity contribution in [1.29, 1.82) is 0 Å². The first kappa shape index (κ1) is 25.9. The summed E-state index contributed by atoms with van der Waals surface area (Å²) in [5.41, 5.74) is -1.07. The molecule has 0 spiro atoms. The van der Waals surface area contributed by atoms with Gasteiger partial charge in [0, 0.05) is 35.6 Å². The van der Waals surface area contributed by atoms with Gasteiger partial charge in [0.25, 0.3) is 0 Å². The zero-order valence-corrected chi connectivity index (χ0v) is 21.1. The van der Waals surface area contributed by atoms with Crippen molar-refractivity contribution in [2.75, 3.05) is 25.2 Å². The van der Waals surface area contributed by atoms with Crippen molar-refractivity contribution in [2.45, 2.75) is 43.9 Å². The van der Waals surface area contributed by atoms with Crippen LogP contribution in [0.25, 0.3) is 0 Å². The number of rotatable bonds is 9. The van der Waals surface area contributed by atoms with Gasteiger partial charge in [-0.2, -0.15) is 0 Å². The number of carbonyl (C=O) groups is 2. The molecule has 1 aromatic rings. The number of ether oxygens (including phenoxy) is 1. The highest BCUT2D eigenvalue weighted by atomic mass is 79.9. The monoisotopic (exact) mass is 529 g/mol. The topological polar surface area (TPSA) is 121 Å². The standard InChI is InChI=1S/C22H28BrNO7S/c1-13-18(20(25)26)22(3,19(21(27)28)14(2)24(13)4)16-12-15(32(5,29)30)8-9-17(16)31-11-7-6-10-23/h8-9,12H,6-7,10-11H2,1-5H3,(H,25,26)(H,27,28). The second-order valence-corrected chi connectivity index (χ2v) is 10.7. The third kappa shape index (κ3) is 4.71. The van der Waals surface area contributed by atoms with Crippen LogP contribution in [-0.2, 0) is 24.8 Å². The third-order valence-electron chi connectivity index (χ3n) is 5.86. The van der Waals surface area contributed by atoms with Crippen molar-refractivity contribution in [3.8, 4) is 5.75 Å². The maximum absolute atomic E-state index is 12.4. The van der Waals surface area contributed by atoms with E-state index in [1.54, 1.807) is 20.9 Å². The highest BCUT2D eigenvalue weighted by Gasteiger charge is 2.49. The predicted octanol–water partition coefficient (Wildman–Crippen LogP) is 3.56. The van der Waals surface area contributed by atoms with Gasteiger partial charge in [-0.25, -0.2) is 18.0 Å². The van der Waals surface area contributed by atoms with E-state index in [4.69, 9.17) is 4.74 Å². The lowest BCUT2D eigenvalue weighted by atomic mass is 9.66. The Morgan fingerprint density at radius 1 is 1.09 bits per heavy atom. The zero-order chi connectivity index (χ0) is 24.4. The molecule has 2 rings (SSSR count). The predicted molar refractivity (Wildman–Crippen MR) is 124 cm³/mol. The quantitative estimate of drug-likeness (QED) is 0.367. The largest absolute Gasteiger partial charge is 0.493 e. The summed E-state index contributed by atoms with van der Waals surface area (Å²) >= 11 is 3.35. The normalized spacial score (nSPS) is 16.4. The van der Waals surface area contributed by atoms with Gasteiger partial charge in [-0.15, -0.1) is 0 Å². The van der Waals surface area contributed by atoms with Crippen molar-refractivity contribution in [2.24, 2.45) is 0 Å². The lowest BCUT2D eigenvalue weighted by molar-refractivity contribution is -0.134. The van der Waals surface area contributed by atoms with E-state index < -0.39 is 27.2 Å². The first-order chi connectivity index (χ1) is 14.8. The Hall–Kier alpha value is -2.33. The fourth-order valence-corrected chi connectivity index (χ4v) is 5.12. The smallest absolute Gasteiger partial charge is 0.334 e. The molecule has 1 aromatic carbocycles. The summed E-state index contributed by atoms with van der Waals surface area (Å²) in [6, 6.07) is 4.17. The summed E-state index contributed by atoms with van der Waals surface area (Å²) < 4.78 is 30.5. The number of alkyl halides is 1. The molecular weight excluding hydrogens is 502 g/mol. The number of sulfone groups is 1. The van der Waals surface area contributed by atoms with E-state index in [1.165, 1.54) is 30.0 Å². The molecule has 0 radical (unpaired) electrons. The molecule has 32 heavy (non-hydrogen) atoms. The van der Waals surface area contributed by atoms with Gasteiger partial charge in [0.05, 0.1) is 28.1 Å². The van der Waals surface area contributed by atoms with Crippen LogP contribution >= 0.6 is 15.9 Å². The Morgan fingerprint density at radius 2 is 1.62 bits per heavy atom. The van der Waals surface area contributed by atoms with E-state index in [0.717, 1.165) is 18.0 Å². The van der Waals surface area contributed by atoms with E-state index in [0.29, 0.717) is 24.4 Å². The van der Waals surface area contributed by atoms with Crippen molar-refractivity contribution in [3.63, 3.8) is 0 Å². The molecule has 176 valence electrons. The van der Waals surface area contributed by atoms with Crippen molar-refractivity contribution in [1.82, 2.24) is 4.90 Å². The lowest BCUT2D eigenvalue weighted by Crippen LogP contribution is -2.43. The summed E-state index contributed by atoms with van der Waals surface area (Å²) in [4.78, 5) is 26.3. The second-order valence-electron chi connectivity index (χ2n) is 7.89. The number of carboxylic acid groups (broad SMARTS) is 2. The summed E-state index contributed by atoms with van der Waals surface area (Å²) in [6.45, 7) is 5.00. The van der Waals surface area contributed by atoms with E-state index in [2.05, 4.69) is 15.9 Å². The van der Waals surface area contributed by atoms with Crippen LogP contribution in [0.15, 0.2) is 45.6 Å². The van der Waals surface area contributed by atoms with Gasteiger partial charge in [-0.05, 0) is 51.8 Å². The van der Waals surface area contributed by atoms with E-state index in [-0.39, 0.29) is 27.4 Å². The number of hydrogen-bond acceptors (Lipinski definition) is 6. The van der Waals surface area contributed by atoms with Crippen LogP contribution in [0.3, 0.4) is 0 Å². The van der Waals surface area contributed by atoms with Crippen LogP contribution in [0.5, 0.6) is 5.75 Å². The van der Waals surface area contributed by atoms with Gasteiger partial charge >= 0.3 is 11.9 Å². The minimum absolute atomic E-state index is 0.0507. The highest BCUT2D eigenvalue weighted by molar-refractivity contribution is 9.09. The Bertz CT molecular complexity index is 1070. The van der Waals surface area contributed by atoms with Gasteiger partial charge in [0.1, 0.15) is 5.75 Å². The lowest BCUT2D eigenvalue weighted by Gasteiger charge is -2.42. The highest BCUT2D eigenvalue weighted by Crippen LogP contribution is 2.49. The summed E-state index contributed by atoms with van der Waals surface area (Å²) in [7, 11) is -2.05. The Balaban J connectivity index is 2.92. The number of carboxylic acids is 2. The van der Waals surface area contributed by atoms with Crippen molar-refractivity contribution in [3.05, 3.63) is 46.3 Å². The second kappa shape index (κ2) is 9.66. The summed E-state index contributed by atoms with van der Waals surface area (Å²) in [5.74, 6) is -2.34. The molecule has 0 saturated heterocycles. The number of hydrogen-bond donors (Lipinski definition) is 2. The van der Waals surface area contributed by atoms with Gasteiger partial charge in [0.2, 0.25) is 0 Å². The third-order valence-corrected chi connectivity index (χ3v) is 7.53. The minimum Gasteiger partial charge on any atom is -0.493 e. The fraction of sp³-hybridized carbons (Fsp3) is 0.455. The number of halogens is 1. The molecule has 8 nitrogen and oxygen atoms in total. The van der Waals surface area contributed by atoms with Gasteiger partial charge in [-0.1, -0.05) is 15.9 Å². The zero-order valence-electron chi connectivity index (χ0n) is 18.7. The maximum Gasteiger partial charge on any atom is 0.334 e. The molecule has 0 fully saturated rings. The molecule has 2 N–H and O–H groups in total. The average molecular weight is 530 g/mol. The molecule has 0 aromatic heterocycles. The fourth-order valence-electron chi connectivity index (χ4n) is 4.08. The molecule has 0 saturated carbocycles. The van der Waals surface area contributed by atoms with Gasteiger partial charge in [0.15, 0.2) is 9.84 Å². The molecule has 0 atom stereocenters. The van der Waals surface area contributed by atoms with Crippen LogP contribution in [0.1, 0.15) is 39.2 Å². The van der Waals surface area contributed by atoms with E-state index in [9.17, 15) is 28.2 Å². The number of nitrogens with zero attached hydrogens (tertiary/aromatic N) is 1. The molecule has 0 unspecified atom stereocenters. The Kier molecular flexibility index (Phi) is 7.83. The molecule has 1 aliphatic rings. The van der Waals surface area contributed by atoms with Gasteiger partial charge in [-0.3, -0.25) is 0 Å². The Morgan fingerprint density at radius 3 is 2.06 bits per heavy atom. The summed E-state index contributed by atoms with van der Waals surface area (Å²) in [5, 5.41) is 21.0. The molecular formula is C22H28BrNO7S. The molecule has 0 bridgehead atoms. The number of allylic oxidation sites excluding steroid dienone is 2. The number of aliphatic carboxylic acids is 2. The van der Waals surface area contributed by atoms with E-state index >= 15 is 0 Å². The van der Waals surface area contributed by atoms with Crippen LogP contribution in [0, 0.1) is 0 Å². The molecule has 1 heterocycles. The van der Waals surface area contributed by atoms with Crippen molar-refractivity contribution < 1.29 is 33.0 Å². The minimum atomic E-state index is -3.65. The average Bonchev–Trinajstić information content (AvgIpc) is 2.68. The first-order valence-electron chi connectivity index (χ1n) is 9.94. The molecule has 1 aliphatic heterocycles. The van der Waals surface area contributed by atoms with Crippen LogP contribution in [0.4, 0.5) is 0 Å². The van der Waals surface area contributed by atoms with E-state index in [1.807, 2.05) is 0 Å². The molecule has 0 amide bonds. The van der Waals surface area contributed by atoms with Crippen molar-refractivity contribution >= 4 is 37.7 Å². The molecule has 10 heteroatoms. The number of unbranched alkanes of at least 4 members (excludes halogenated alkanes) is 1. The van der Waals surface area contributed by atoms with Gasteiger partial charge < -0.3 is 19.8 Å². The van der Waals surface area contributed by atoms with Crippen LogP contribution in [-0.4, -0.2) is 60.7 Å². The Labute approximate surface area is 196 Å². The number of benzene rings is 1. The van der Waals surface area contributed by atoms with Crippen LogP contribution < -0.4 is 4.74 Å². The maximum atomic E-state index is 12.4. The first-order valence-corrected chi connectivity index (χ1v) is 13.0. The SMILES string of the molecule is CC1=C(C(=O)O)C(C)(c2cc(S(C)(=O)=O)ccc2OCCCCBr)C(C(=O)O)=C(C)N1C. The van der Waals surface area contributed by atoms with Crippen LogP contribution in [0.2, 0.25) is 0 Å². The molecule has 0 aliphatic carbocycles.